The van der Waals surface area contributed by atoms with E-state index in [9.17, 15) is 35.1 Å². The van der Waals surface area contributed by atoms with E-state index in [4.69, 9.17) is 14.7 Å². The number of nitrogens with zero attached hydrogens (tertiary/aromatic N) is 2. The van der Waals surface area contributed by atoms with Crippen molar-refractivity contribution >= 4 is 78.4 Å². The van der Waals surface area contributed by atoms with Crippen molar-refractivity contribution in [1.29, 1.82) is 0 Å². The summed E-state index contributed by atoms with van der Waals surface area (Å²) in [6.07, 6.45) is 1.93. The van der Waals surface area contributed by atoms with Gasteiger partial charge in [-0.2, -0.15) is 0 Å². The number of aromatic hydroxyl groups is 2. The van der Waals surface area contributed by atoms with E-state index in [1.54, 1.807) is 6.92 Å². The van der Waals surface area contributed by atoms with E-state index in [2.05, 4.69) is 5.32 Å². The Morgan fingerprint density at radius 1 is 1.00 bits per heavy atom. The zero-order valence-corrected chi connectivity index (χ0v) is 28.6. The zero-order valence-electron chi connectivity index (χ0n) is 27.8. The number of carboxylic acid groups (broad SMARTS) is 1. The summed E-state index contributed by atoms with van der Waals surface area (Å²) in [5.74, 6) is -2.62. The third kappa shape index (κ3) is 3.93. The van der Waals surface area contributed by atoms with Crippen molar-refractivity contribution in [3.63, 3.8) is 0 Å². The highest BCUT2D eigenvalue weighted by Crippen LogP contribution is 2.58. The zero-order chi connectivity index (χ0) is 35.1. The molecule has 0 amide bonds. The van der Waals surface area contributed by atoms with Gasteiger partial charge in [-0.1, -0.05) is 11.6 Å². The molecule has 12 heteroatoms. The molecule has 1 aliphatic carbocycles. The number of allylic oxidation sites excluding steroid dienone is 1. The molecule has 0 fully saturated rings. The number of thioether (sulfide) groups is 1. The number of carboxylic acids is 1. The summed E-state index contributed by atoms with van der Waals surface area (Å²) in [6.45, 7) is 8.42. The van der Waals surface area contributed by atoms with Gasteiger partial charge >= 0.3 is 5.97 Å². The standard InChI is InChI=1S/C37H35N3O8S/c1-13-7-16-21-25-22(20-15(9-41)8-18(44)23-24(20)26(21)27(19(13)14(2)43)33(48-6)32(23)45)17(10-42)34-31(40-37(5,12-49-34)35(46)47)28(25)30-29(16)38-11-36(3,4)39-30/h7-8,19,39,41-42,44-45H,9-12H2,1-6H3,(H,46,47). The molecule has 0 saturated heterocycles. The number of hydrogen-bond acceptors (Lipinski definition) is 11. The Balaban J connectivity index is 1.87. The Labute approximate surface area is 284 Å². The predicted molar refractivity (Wildman–Crippen MR) is 188 cm³/mol. The van der Waals surface area contributed by atoms with Gasteiger partial charge in [0.25, 0.3) is 0 Å². The number of phenols is 2. The topological polar surface area (TPSA) is 181 Å². The van der Waals surface area contributed by atoms with Crippen molar-refractivity contribution in [2.24, 2.45) is 9.98 Å². The maximum Gasteiger partial charge on any atom is 0.332 e. The van der Waals surface area contributed by atoms with E-state index in [1.165, 1.54) is 31.9 Å². The number of rotatable bonds is 5. The Bertz CT molecular complexity index is 2560. The molecular weight excluding hydrogens is 646 g/mol. The Morgan fingerprint density at radius 2 is 1.71 bits per heavy atom. The second-order valence-corrected chi connectivity index (χ2v) is 15.2. The molecule has 0 saturated carbocycles. The van der Waals surface area contributed by atoms with Crippen LogP contribution in [0.2, 0.25) is 0 Å². The molecule has 0 spiro atoms. The van der Waals surface area contributed by atoms with Crippen molar-refractivity contribution in [3.8, 4) is 17.2 Å². The van der Waals surface area contributed by atoms with Crippen molar-refractivity contribution in [2.75, 3.05) is 24.7 Å². The SMILES string of the molecule is COc1c(O)c2c(O)cc(CO)c3c4c(CO)c5c(c6c7c(c8c(c(c1C(C(C)=O)C(C)=C8)c23)c64)=NCC(C)(C)N7)=NC(C)(C(=O)O)CS5. The summed E-state index contributed by atoms with van der Waals surface area (Å²) in [4.78, 5) is 37.0. The van der Waals surface area contributed by atoms with Crippen LogP contribution >= 0.6 is 11.8 Å². The molecule has 0 aromatic heterocycles. The molecule has 5 aromatic rings. The number of aliphatic carboxylic acids is 1. The van der Waals surface area contributed by atoms with Gasteiger partial charge in [0.1, 0.15) is 11.5 Å². The number of carbonyl (C=O) groups is 2. The average molecular weight is 682 g/mol. The quantitative estimate of drug-likeness (QED) is 0.113. The molecule has 2 heterocycles. The van der Waals surface area contributed by atoms with Gasteiger partial charge in [0.2, 0.25) is 0 Å². The van der Waals surface area contributed by atoms with Gasteiger partial charge in [0, 0.05) is 48.9 Å². The van der Waals surface area contributed by atoms with Crippen molar-refractivity contribution < 1.29 is 39.9 Å². The second-order valence-electron chi connectivity index (χ2n) is 14.2. The van der Waals surface area contributed by atoms with Gasteiger partial charge in [-0.25, -0.2) is 4.79 Å². The van der Waals surface area contributed by atoms with Gasteiger partial charge < -0.3 is 35.6 Å². The third-order valence-electron chi connectivity index (χ3n) is 10.4. The largest absolute Gasteiger partial charge is 0.507 e. The van der Waals surface area contributed by atoms with Gasteiger partial charge in [-0.3, -0.25) is 14.8 Å². The minimum atomic E-state index is -1.47. The average Bonchev–Trinajstić information content (AvgIpc) is 3.17. The number of anilines is 1. The number of fused-ring (bicyclic) bond motifs is 6. The van der Waals surface area contributed by atoms with Crippen molar-refractivity contribution in [2.45, 2.75) is 69.7 Å². The molecule has 8 rings (SSSR count). The lowest BCUT2D eigenvalue weighted by Gasteiger charge is -2.34. The molecule has 6 N–H and O–H groups in total. The normalized spacial score (nSPS) is 20.8. The first-order valence-corrected chi connectivity index (χ1v) is 17.0. The molecule has 2 unspecified atom stereocenters. The van der Waals surface area contributed by atoms with Gasteiger partial charge in [-0.15, -0.1) is 11.8 Å². The maximum atomic E-state index is 13.6. The highest BCUT2D eigenvalue weighted by molar-refractivity contribution is 7.99. The van der Waals surface area contributed by atoms with Crippen LogP contribution < -0.4 is 20.8 Å². The lowest BCUT2D eigenvalue weighted by Crippen LogP contribution is -2.44. The van der Waals surface area contributed by atoms with Crippen molar-refractivity contribution in [3.05, 3.63) is 44.6 Å². The maximum absolute atomic E-state index is 13.6. The van der Waals surface area contributed by atoms with Crippen LogP contribution in [0.5, 0.6) is 17.2 Å². The summed E-state index contributed by atoms with van der Waals surface area (Å²) < 4.78 is 5.87. The highest BCUT2D eigenvalue weighted by Gasteiger charge is 2.41. The molecule has 11 nitrogen and oxygen atoms in total. The number of ketones is 1. The van der Waals surface area contributed by atoms with Crippen LogP contribution in [0.15, 0.2) is 26.5 Å². The van der Waals surface area contributed by atoms with Crippen molar-refractivity contribution in [1.82, 2.24) is 0 Å². The van der Waals surface area contributed by atoms with E-state index in [0.717, 1.165) is 0 Å². The Hall–Kier alpha value is -4.65. The van der Waals surface area contributed by atoms with E-state index >= 15 is 0 Å². The second kappa shape index (κ2) is 10.2. The summed E-state index contributed by atoms with van der Waals surface area (Å²) in [5.41, 5.74) is 1.28. The fourth-order valence-electron chi connectivity index (χ4n) is 8.31. The number of nitrogens with one attached hydrogen (secondary N) is 1. The van der Waals surface area contributed by atoms with Crippen LogP contribution in [-0.4, -0.2) is 67.8 Å². The Kier molecular flexibility index (Phi) is 6.57. The molecule has 2 atom stereocenters. The van der Waals surface area contributed by atoms with Crippen LogP contribution in [0.25, 0.3) is 49.2 Å². The summed E-state index contributed by atoms with van der Waals surface area (Å²) >= 11 is 1.30. The number of hydrogen-bond donors (Lipinski definition) is 6. The number of aliphatic hydroxyl groups is 2. The van der Waals surface area contributed by atoms with Crippen LogP contribution in [0.3, 0.4) is 0 Å². The number of aliphatic hydroxyl groups excluding tert-OH is 2. The molecule has 3 aliphatic rings. The summed E-state index contributed by atoms with van der Waals surface area (Å²) in [6, 6.07) is 1.40. The van der Waals surface area contributed by atoms with E-state index in [0.29, 0.717) is 93.4 Å². The highest BCUT2D eigenvalue weighted by atomic mass is 32.2. The van der Waals surface area contributed by atoms with Gasteiger partial charge in [-0.05, 0) is 62.4 Å². The number of ether oxygens (including phenoxy) is 1. The molecule has 2 aliphatic heterocycles. The first-order valence-electron chi connectivity index (χ1n) is 16.0. The van der Waals surface area contributed by atoms with E-state index < -0.39 is 36.2 Å². The van der Waals surface area contributed by atoms with Crippen LogP contribution in [0.1, 0.15) is 62.8 Å². The molecule has 49 heavy (non-hydrogen) atoms. The lowest BCUT2D eigenvalue weighted by molar-refractivity contribution is -0.141. The fraction of sp³-hybridized carbons (Fsp3) is 0.351. The Morgan fingerprint density at radius 3 is 2.35 bits per heavy atom. The number of Topliss-reactive ketones (excluding diaryl/α,β-unsaturated/α-hetero) is 1. The summed E-state index contributed by atoms with van der Waals surface area (Å²) in [5, 5.41) is 64.4. The van der Waals surface area contributed by atoms with Gasteiger partial charge in [0.15, 0.2) is 17.0 Å². The third-order valence-corrected chi connectivity index (χ3v) is 11.8. The number of carbonyl (C=O) groups excluding carboxylic acids is 1. The molecule has 0 radical (unpaired) electrons. The van der Waals surface area contributed by atoms with Crippen LogP contribution in [0, 0.1) is 0 Å². The minimum absolute atomic E-state index is 0.0332. The number of benzene rings is 5. The first kappa shape index (κ1) is 31.6. The number of phenolic OH excluding ortho intramolecular Hbond substituents is 2. The smallest absolute Gasteiger partial charge is 0.332 e. The number of methoxy groups -OCH3 is 1. The molecule has 5 aromatic carbocycles. The lowest BCUT2D eigenvalue weighted by atomic mass is 9.79. The van der Waals surface area contributed by atoms with Crippen LogP contribution in [0.4, 0.5) is 5.69 Å². The monoisotopic (exact) mass is 681 g/mol. The first-order chi connectivity index (χ1) is 23.2. The fourth-order valence-corrected chi connectivity index (χ4v) is 9.55. The van der Waals surface area contributed by atoms with Gasteiger partial charge in [0.05, 0.1) is 60.1 Å². The predicted octanol–water partition coefficient (Wildman–Crippen LogP) is 4.62. The molecular formula is C37H35N3O8S. The van der Waals surface area contributed by atoms with E-state index in [-0.39, 0.29) is 34.2 Å². The molecule has 252 valence electrons. The van der Waals surface area contributed by atoms with Crippen LogP contribution in [-0.2, 0) is 22.8 Å². The minimum Gasteiger partial charge on any atom is -0.507 e. The summed E-state index contributed by atoms with van der Waals surface area (Å²) in [7, 11) is 1.40. The molecule has 0 bridgehead atoms. The van der Waals surface area contributed by atoms with E-state index in [1.807, 2.05) is 26.8 Å².